The first-order valence-corrected chi connectivity index (χ1v) is 5.58. The predicted molar refractivity (Wildman–Crippen MR) is 48.4 cm³/mol. The van der Waals surface area contributed by atoms with Crippen molar-refractivity contribution >= 4 is 15.9 Å². The monoisotopic (exact) mass is 223 g/mol. The van der Waals surface area contributed by atoms with E-state index in [1.165, 1.54) is 13.8 Å². The van der Waals surface area contributed by atoms with Crippen molar-refractivity contribution in [1.82, 2.24) is 5.32 Å². The number of hydrogen-bond acceptors (Lipinski definition) is 5. The van der Waals surface area contributed by atoms with Gasteiger partial charge in [0.25, 0.3) is 10.1 Å². The van der Waals surface area contributed by atoms with Crippen LogP contribution in [0.4, 0.5) is 0 Å². The highest BCUT2D eigenvalue weighted by atomic mass is 32.2. The van der Waals surface area contributed by atoms with Gasteiger partial charge in [-0.3, -0.25) is 9.35 Å². The van der Waals surface area contributed by atoms with Crippen LogP contribution in [-0.4, -0.2) is 42.9 Å². The van der Waals surface area contributed by atoms with Gasteiger partial charge in [0.05, 0.1) is 6.61 Å². The lowest BCUT2D eigenvalue weighted by molar-refractivity contribution is -0.127. The third kappa shape index (κ3) is 1.81. The normalized spacial score (nSPS) is 34.1. The third-order valence-corrected chi connectivity index (χ3v) is 3.66. The van der Waals surface area contributed by atoms with Crippen molar-refractivity contribution in [3.05, 3.63) is 0 Å². The highest BCUT2D eigenvalue weighted by Crippen LogP contribution is 2.25. The Bertz CT molecular complexity index is 338. The minimum absolute atomic E-state index is 0.139. The number of ether oxygens (including phenoxy) is 1. The number of carbonyl (C=O) groups excluding carboxylic acids is 1. The van der Waals surface area contributed by atoms with Gasteiger partial charge in [-0.2, -0.15) is 8.42 Å². The molecular weight excluding hydrogens is 210 g/mol. The second-order valence-corrected chi connectivity index (χ2v) is 5.10. The molecule has 0 spiro atoms. The maximum Gasteiger partial charge on any atom is 0.296 e. The number of ketones is 1. The molecule has 0 aliphatic carbocycles. The zero-order valence-electron chi connectivity index (χ0n) is 7.98. The molecule has 1 heterocycles. The van der Waals surface area contributed by atoms with E-state index in [9.17, 15) is 13.2 Å². The molecular formula is C7H13NO5S. The number of nitrogens with one attached hydrogen (secondary N) is 1. The summed E-state index contributed by atoms with van der Waals surface area (Å²) in [6, 6.07) is -1.02. The van der Waals surface area contributed by atoms with Gasteiger partial charge in [-0.25, -0.2) is 0 Å². The third-order valence-electron chi connectivity index (χ3n) is 2.28. The van der Waals surface area contributed by atoms with E-state index >= 15 is 0 Å². The van der Waals surface area contributed by atoms with Crippen LogP contribution >= 0.6 is 0 Å². The molecule has 14 heavy (non-hydrogen) atoms. The van der Waals surface area contributed by atoms with Crippen molar-refractivity contribution in [2.75, 3.05) is 13.2 Å². The molecule has 0 bridgehead atoms. The smallest absolute Gasteiger partial charge is 0.296 e. The van der Waals surface area contributed by atoms with Crippen molar-refractivity contribution in [2.45, 2.75) is 24.8 Å². The minimum Gasteiger partial charge on any atom is -0.354 e. The van der Waals surface area contributed by atoms with Crippen LogP contribution in [0.2, 0.25) is 0 Å². The van der Waals surface area contributed by atoms with Crippen LogP contribution < -0.4 is 5.32 Å². The molecule has 82 valence electrons. The number of rotatable bonds is 2. The van der Waals surface area contributed by atoms with E-state index in [4.69, 9.17) is 9.29 Å². The molecule has 0 aromatic carbocycles. The van der Waals surface area contributed by atoms with Crippen LogP contribution in [0.5, 0.6) is 0 Å². The standard InChI is InChI=1S/C7H13NO5S/c1-5(9)6-7(2,14(10,11)12)13-4-3-8-6/h6,8H,3-4H2,1-2H3,(H,10,11,12). The Morgan fingerprint density at radius 3 is 2.57 bits per heavy atom. The maximum atomic E-state index is 11.1. The first-order valence-electron chi connectivity index (χ1n) is 4.14. The summed E-state index contributed by atoms with van der Waals surface area (Å²) < 4.78 is 36.1. The van der Waals surface area contributed by atoms with Crippen LogP contribution in [0.3, 0.4) is 0 Å². The van der Waals surface area contributed by atoms with Crippen LogP contribution in [0, 0.1) is 0 Å². The molecule has 2 atom stereocenters. The molecule has 2 unspecified atom stereocenters. The molecule has 0 aromatic heterocycles. The quantitative estimate of drug-likeness (QED) is 0.593. The molecule has 1 aliphatic rings. The molecule has 1 aliphatic heterocycles. The highest BCUT2D eigenvalue weighted by molar-refractivity contribution is 7.87. The summed E-state index contributed by atoms with van der Waals surface area (Å²) >= 11 is 0. The van der Waals surface area contributed by atoms with Crippen molar-refractivity contribution < 1.29 is 22.5 Å². The fraction of sp³-hybridized carbons (Fsp3) is 0.857. The molecule has 1 fully saturated rings. The number of Topliss-reactive ketones (excluding diaryl/α,β-unsaturated/α-hetero) is 1. The van der Waals surface area contributed by atoms with Crippen molar-refractivity contribution in [2.24, 2.45) is 0 Å². The first-order chi connectivity index (χ1) is 6.29. The number of carbonyl (C=O) groups is 1. The molecule has 6 nitrogen and oxygen atoms in total. The van der Waals surface area contributed by atoms with E-state index in [0.717, 1.165) is 0 Å². The van der Waals surface area contributed by atoms with Crippen LogP contribution in [0.1, 0.15) is 13.8 Å². The second-order valence-electron chi connectivity index (χ2n) is 3.34. The summed E-state index contributed by atoms with van der Waals surface area (Å²) in [6.45, 7) is 2.95. The summed E-state index contributed by atoms with van der Waals surface area (Å²) in [5.74, 6) is -0.384. The molecule has 0 radical (unpaired) electrons. The predicted octanol–water partition coefficient (Wildman–Crippen LogP) is -0.832. The largest absolute Gasteiger partial charge is 0.354 e. The van der Waals surface area contributed by atoms with Crippen LogP contribution in [0.15, 0.2) is 0 Å². The lowest BCUT2D eigenvalue weighted by Crippen LogP contribution is -2.63. The van der Waals surface area contributed by atoms with Crippen molar-refractivity contribution in [3.8, 4) is 0 Å². The average molecular weight is 223 g/mol. The summed E-state index contributed by atoms with van der Waals surface area (Å²) in [5, 5.41) is 2.70. The SMILES string of the molecule is CC(=O)C1NCCOC1(C)S(=O)(=O)O. The lowest BCUT2D eigenvalue weighted by Gasteiger charge is -2.37. The van der Waals surface area contributed by atoms with Gasteiger partial charge in [-0.15, -0.1) is 0 Å². The molecule has 0 amide bonds. The Hall–Kier alpha value is -0.500. The Morgan fingerprint density at radius 2 is 2.21 bits per heavy atom. The van der Waals surface area contributed by atoms with Gasteiger partial charge in [0.1, 0.15) is 6.04 Å². The summed E-state index contributed by atoms with van der Waals surface area (Å²) in [4.78, 5) is 9.27. The molecule has 7 heteroatoms. The molecule has 2 N–H and O–H groups in total. The topological polar surface area (TPSA) is 92.7 Å². The Kier molecular flexibility index (Phi) is 2.96. The van der Waals surface area contributed by atoms with Crippen molar-refractivity contribution in [3.63, 3.8) is 0 Å². The summed E-state index contributed by atoms with van der Waals surface area (Å²) in [7, 11) is -4.43. The van der Waals surface area contributed by atoms with Crippen LogP contribution in [0.25, 0.3) is 0 Å². The van der Waals surface area contributed by atoms with Gasteiger partial charge in [-0.05, 0) is 13.8 Å². The van der Waals surface area contributed by atoms with Crippen LogP contribution in [-0.2, 0) is 19.6 Å². The van der Waals surface area contributed by atoms with Gasteiger partial charge in [-0.1, -0.05) is 0 Å². The zero-order valence-corrected chi connectivity index (χ0v) is 8.80. The van der Waals surface area contributed by atoms with E-state index in [1.807, 2.05) is 0 Å². The highest BCUT2D eigenvalue weighted by Gasteiger charge is 2.50. The Labute approximate surface area is 82.4 Å². The molecule has 1 rings (SSSR count). The Balaban J connectivity index is 3.09. The molecule has 0 saturated carbocycles. The van der Waals surface area contributed by atoms with Gasteiger partial charge in [0.15, 0.2) is 5.78 Å². The Morgan fingerprint density at radius 1 is 1.64 bits per heavy atom. The van der Waals surface area contributed by atoms with Crippen molar-refractivity contribution in [1.29, 1.82) is 0 Å². The first kappa shape index (κ1) is 11.6. The van der Waals surface area contributed by atoms with Gasteiger partial charge in [0, 0.05) is 6.54 Å². The molecule has 1 saturated heterocycles. The number of morpholine rings is 1. The molecule has 0 aromatic rings. The second kappa shape index (κ2) is 3.58. The van der Waals surface area contributed by atoms with E-state index in [2.05, 4.69) is 5.32 Å². The fourth-order valence-electron chi connectivity index (χ4n) is 1.46. The summed E-state index contributed by atoms with van der Waals surface area (Å²) in [5.41, 5.74) is 0. The van der Waals surface area contributed by atoms with E-state index in [1.54, 1.807) is 0 Å². The fourth-order valence-corrected chi connectivity index (χ4v) is 2.24. The van der Waals surface area contributed by atoms with E-state index < -0.39 is 21.1 Å². The minimum atomic E-state index is -4.43. The van der Waals surface area contributed by atoms with Gasteiger partial charge < -0.3 is 10.1 Å². The number of hydrogen-bond donors (Lipinski definition) is 2. The zero-order chi connectivity index (χ0) is 11.0. The maximum absolute atomic E-state index is 11.1. The van der Waals surface area contributed by atoms with E-state index in [0.29, 0.717) is 6.54 Å². The lowest BCUT2D eigenvalue weighted by atomic mass is 10.1. The average Bonchev–Trinajstić information content (AvgIpc) is 2.02. The van der Waals surface area contributed by atoms with E-state index in [-0.39, 0.29) is 12.4 Å². The van der Waals surface area contributed by atoms with Gasteiger partial charge >= 0.3 is 0 Å². The summed E-state index contributed by atoms with van der Waals surface area (Å²) in [6.07, 6.45) is 0. The van der Waals surface area contributed by atoms with Gasteiger partial charge in [0.2, 0.25) is 4.93 Å².